The Labute approximate surface area is 104 Å². The normalized spacial score (nSPS) is 11.6. The van der Waals surface area contributed by atoms with Gasteiger partial charge in [0.2, 0.25) is 0 Å². The topological polar surface area (TPSA) is 26.0 Å². The first-order valence-corrected chi connectivity index (χ1v) is 5.13. The number of hydrogen-bond donors (Lipinski definition) is 1. The highest BCUT2D eigenvalue weighted by Gasteiger charge is 2.05. The van der Waals surface area contributed by atoms with Gasteiger partial charge in [-0.05, 0) is 40.0 Å². The summed E-state index contributed by atoms with van der Waals surface area (Å²) < 4.78 is 0.881. The zero-order valence-corrected chi connectivity index (χ0v) is 10.7. The molecule has 1 nitrogen and oxygen atoms in total. The van der Waals surface area contributed by atoms with Gasteiger partial charge in [0.1, 0.15) is 0 Å². The third-order valence-electron chi connectivity index (χ3n) is 1.79. The molecule has 0 unspecified atom stereocenters. The van der Waals surface area contributed by atoms with Crippen LogP contribution >= 0.6 is 39.9 Å². The summed E-state index contributed by atoms with van der Waals surface area (Å²) in [4.78, 5) is 0. The van der Waals surface area contributed by atoms with Crippen LogP contribution in [0.2, 0.25) is 5.02 Å². The predicted molar refractivity (Wildman–Crippen MR) is 68.1 cm³/mol. The number of halogens is 3. The van der Waals surface area contributed by atoms with E-state index in [4.69, 9.17) is 17.3 Å². The number of rotatable bonds is 3. The van der Waals surface area contributed by atoms with Crippen molar-refractivity contribution in [2.75, 3.05) is 0 Å². The fraction of sp³-hybridized carbons (Fsp3) is 0.200. The van der Waals surface area contributed by atoms with Gasteiger partial charge >= 0.3 is 0 Å². The van der Waals surface area contributed by atoms with E-state index < -0.39 is 0 Å². The molecule has 1 rings (SSSR count). The van der Waals surface area contributed by atoms with Gasteiger partial charge in [0.25, 0.3) is 0 Å². The van der Waals surface area contributed by atoms with Crippen molar-refractivity contribution in [3.05, 3.63) is 45.9 Å². The fourth-order valence-corrected chi connectivity index (χ4v) is 1.57. The molecular weight excluding hydrogens is 285 g/mol. The Morgan fingerprint density at radius 3 is 2.71 bits per heavy atom. The molecule has 78 valence electrons. The highest BCUT2D eigenvalue weighted by atomic mass is 79.9. The van der Waals surface area contributed by atoms with E-state index in [1.165, 1.54) is 0 Å². The molecule has 4 heteroatoms. The molecule has 0 fully saturated rings. The Kier molecular flexibility index (Phi) is 6.45. The van der Waals surface area contributed by atoms with Crippen molar-refractivity contribution in [2.45, 2.75) is 12.5 Å². The molecule has 0 spiro atoms. The van der Waals surface area contributed by atoms with Crippen LogP contribution in [0.5, 0.6) is 0 Å². The van der Waals surface area contributed by atoms with E-state index in [2.05, 4.69) is 22.5 Å². The quantitative estimate of drug-likeness (QED) is 0.835. The van der Waals surface area contributed by atoms with Gasteiger partial charge in [-0.2, -0.15) is 0 Å². The average molecular weight is 297 g/mol. The Morgan fingerprint density at radius 1 is 1.57 bits per heavy atom. The van der Waals surface area contributed by atoms with Gasteiger partial charge in [-0.3, -0.25) is 0 Å². The molecule has 0 saturated carbocycles. The second-order valence-electron chi connectivity index (χ2n) is 2.80. The van der Waals surface area contributed by atoms with Crippen molar-refractivity contribution < 1.29 is 0 Å². The van der Waals surface area contributed by atoms with Crippen LogP contribution in [0.15, 0.2) is 35.3 Å². The maximum atomic E-state index is 5.89. The van der Waals surface area contributed by atoms with Gasteiger partial charge in [0, 0.05) is 10.5 Å². The SMILES string of the molecule is C=CC[C@H](N)c1ccc(Cl)c(Br)c1.Cl. The van der Waals surface area contributed by atoms with E-state index in [1.807, 2.05) is 24.3 Å². The van der Waals surface area contributed by atoms with Gasteiger partial charge in [0.05, 0.1) is 5.02 Å². The lowest BCUT2D eigenvalue weighted by Crippen LogP contribution is -2.08. The van der Waals surface area contributed by atoms with E-state index in [-0.39, 0.29) is 18.4 Å². The molecule has 0 heterocycles. The van der Waals surface area contributed by atoms with Crippen LogP contribution in [0.3, 0.4) is 0 Å². The van der Waals surface area contributed by atoms with Crippen LogP contribution in [0.4, 0.5) is 0 Å². The molecule has 1 atom stereocenters. The molecule has 0 bridgehead atoms. The van der Waals surface area contributed by atoms with Crippen LogP contribution in [0.1, 0.15) is 18.0 Å². The molecular formula is C10H12BrCl2N. The molecule has 0 aromatic heterocycles. The summed E-state index contributed by atoms with van der Waals surface area (Å²) in [6, 6.07) is 5.72. The van der Waals surface area contributed by atoms with Crippen LogP contribution < -0.4 is 5.73 Å². The summed E-state index contributed by atoms with van der Waals surface area (Å²) in [7, 11) is 0. The molecule has 0 aliphatic carbocycles. The van der Waals surface area contributed by atoms with Crippen LogP contribution in [-0.2, 0) is 0 Å². The van der Waals surface area contributed by atoms with Crippen molar-refractivity contribution in [2.24, 2.45) is 5.73 Å². The summed E-state index contributed by atoms with van der Waals surface area (Å²) >= 11 is 9.21. The molecule has 1 aromatic carbocycles. The molecule has 0 radical (unpaired) electrons. The molecule has 0 aliphatic heterocycles. The van der Waals surface area contributed by atoms with E-state index in [9.17, 15) is 0 Å². The van der Waals surface area contributed by atoms with Gasteiger partial charge in [-0.15, -0.1) is 19.0 Å². The standard InChI is InChI=1S/C10H11BrClN.ClH/c1-2-3-10(13)7-4-5-9(12)8(11)6-7;/h2,4-6,10H,1,3,13H2;1H/t10-;/m0./s1. The monoisotopic (exact) mass is 295 g/mol. The first kappa shape index (κ1) is 14.0. The average Bonchev–Trinajstić information content (AvgIpc) is 2.10. The van der Waals surface area contributed by atoms with Crippen LogP contribution in [-0.4, -0.2) is 0 Å². The predicted octanol–water partition coefficient (Wildman–Crippen LogP) is 4.10. The molecule has 1 aromatic rings. The second kappa shape index (κ2) is 6.46. The Balaban J connectivity index is 0.00000169. The zero-order chi connectivity index (χ0) is 9.84. The largest absolute Gasteiger partial charge is 0.324 e. The lowest BCUT2D eigenvalue weighted by Gasteiger charge is -2.09. The first-order chi connectivity index (χ1) is 6.15. The van der Waals surface area contributed by atoms with Crippen molar-refractivity contribution in [1.82, 2.24) is 0 Å². The number of benzene rings is 1. The van der Waals surface area contributed by atoms with Gasteiger partial charge < -0.3 is 5.73 Å². The molecule has 0 aliphatic rings. The zero-order valence-electron chi connectivity index (χ0n) is 7.54. The van der Waals surface area contributed by atoms with Crippen LogP contribution in [0, 0.1) is 0 Å². The lowest BCUT2D eigenvalue weighted by atomic mass is 10.1. The van der Waals surface area contributed by atoms with Crippen molar-refractivity contribution in [3.63, 3.8) is 0 Å². The fourth-order valence-electron chi connectivity index (χ4n) is 1.06. The van der Waals surface area contributed by atoms with Gasteiger partial charge in [-0.25, -0.2) is 0 Å². The van der Waals surface area contributed by atoms with E-state index in [0.717, 1.165) is 16.5 Å². The second-order valence-corrected chi connectivity index (χ2v) is 4.07. The van der Waals surface area contributed by atoms with E-state index in [0.29, 0.717) is 5.02 Å². The summed E-state index contributed by atoms with van der Waals surface area (Å²) in [5.41, 5.74) is 6.96. The van der Waals surface area contributed by atoms with E-state index in [1.54, 1.807) is 0 Å². The van der Waals surface area contributed by atoms with Crippen molar-refractivity contribution in [1.29, 1.82) is 0 Å². The summed E-state index contributed by atoms with van der Waals surface area (Å²) in [5.74, 6) is 0. The third kappa shape index (κ3) is 3.62. The van der Waals surface area contributed by atoms with E-state index >= 15 is 0 Å². The summed E-state index contributed by atoms with van der Waals surface area (Å²) in [6.45, 7) is 3.65. The summed E-state index contributed by atoms with van der Waals surface area (Å²) in [6.07, 6.45) is 2.58. The lowest BCUT2D eigenvalue weighted by molar-refractivity contribution is 0.741. The minimum atomic E-state index is 0. The Hall–Kier alpha value is -0.0200. The Morgan fingerprint density at radius 2 is 2.21 bits per heavy atom. The number of nitrogens with two attached hydrogens (primary N) is 1. The minimum Gasteiger partial charge on any atom is -0.324 e. The first-order valence-electron chi connectivity index (χ1n) is 3.96. The van der Waals surface area contributed by atoms with Crippen LogP contribution in [0.25, 0.3) is 0 Å². The minimum absolute atomic E-state index is 0. The number of hydrogen-bond acceptors (Lipinski definition) is 1. The molecule has 0 amide bonds. The smallest absolute Gasteiger partial charge is 0.0548 e. The third-order valence-corrected chi connectivity index (χ3v) is 3.01. The maximum Gasteiger partial charge on any atom is 0.0548 e. The van der Waals surface area contributed by atoms with Crippen molar-refractivity contribution >= 4 is 39.9 Å². The summed E-state index contributed by atoms with van der Waals surface area (Å²) in [5, 5.41) is 0.703. The maximum absolute atomic E-state index is 5.89. The highest BCUT2D eigenvalue weighted by Crippen LogP contribution is 2.26. The molecule has 14 heavy (non-hydrogen) atoms. The molecule has 0 saturated heterocycles. The van der Waals surface area contributed by atoms with Gasteiger partial charge in [-0.1, -0.05) is 23.7 Å². The van der Waals surface area contributed by atoms with Crippen molar-refractivity contribution in [3.8, 4) is 0 Å². The van der Waals surface area contributed by atoms with Gasteiger partial charge in [0.15, 0.2) is 0 Å². The molecule has 2 N–H and O–H groups in total. The Bertz CT molecular complexity index is 315. The highest BCUT2D eigenvalue weighted by molar-refractivity contribution is 9.10.